The minimum Gasteiger partial charge on any atom is -0.507 e. The lowest BCUT2D eigenvalue weighted by molar-refractivity contribution is 0.355. The molecule has 0 atom stereocenters. The number of phenols is 1. The third-order valence-electron chi connectivity index (χ3n) is 5.61. The SMILES string of the molecule is COc1ccc(-c2c(O)cc3cc(OC)c(OC)cc3c2NCc2ccccc2)cc1OC. The number of hydrogen-bond donors (Lipinski definition) is 2. The summed E-state index contributed by atoms with van der Waals surface area (Å²) in [6, 6.07) is 21.2. The summed E-state index contributed by atoms with van der Waals surface area (Å²) in [7, 11) is 6.39. The normalized spacial score (nSPS) is 10.7. The fraction of sp³-hybridized carbons (Fsp3) is 0.185. The summed E-state index contributed by atoms with van der Waals surface area (Å²) in [6.45, 7) is 0.577. The third-order valence-corrected chi connectivity index (χ3v) is 5.61. The van der Waals surface area contributed by atoms with E-state index >= 15 is 0 Å². The number of methoxy groups -OCH3 is 4. The van der Waals surface area contributed by atoms with Crippen LogP contribution < -0.4 is 24.3 Å². The maximum absolute atomic E-state index is 11.1. The van der Waals surface area contributed by atoms with Gasteiger partial charge in [-0.25, -0.2) is 0 Å². The van der Waals surface area contributed by atoms with Crippen molar-refractivity contribution in [2.24, 2.45) is 0 Å². The first-order chi connectivity index (χ1) is 16.1. The van der Waals surface area contributed by atoms with Crippen LogP contribution in [0.15, 0.2) is 66.7 Å². The minimum absolute atomic E-state index is 0.137. The van der Waals surface area contributed by atoms with E-state index in [0.29, 0.717) is 35.1 Å². The van der Waals surface area contributed by atoms with Crippen LogP contribution in [0.2, 0.25) is 0 Å². The standard InChI is InChI=1S/C27H27NO5/c1-30-22-11-10-18(13-23(22)31-2)26-21(29)12-19-14-24(32-3)25(33-4)15-20(19)27(26)28-16-17-8-6-5-7-9-17/h5-15,28-29H,16H2,1-4H3. The van der Waals surface area contributed by atoms with Gasteiger partial charge < -0.3 is 29.4 Å². The molecule has 0 heterocycles. The van der Waals surface area contributed by atoms with Gasteiger partial charge in [-0.3, -0.25) is 0 Å². The van der Waals surface area contributed by atoms with E-state index in [1.54, 1.807) is 34.5 Å². The van der Waals surface area contributed by atoms with E-state index < -0.39 is 0 Å². The van der Waals surface area contributed by atoms with Crippen LogP contribution in [0, 0.1) is 0 Å². The van der Waals surface area contributed by atoms with Crippen LogP contribution in [-0.2, 0) is 6.54 Å². The molecule has 6 heteroatoms. The Labute approximate surface area is 193 Å². The van der Waals surface area contributed by atoms with Gasteiger partial charge in [-0.15, -0.1) is 0 Å². The molecule has 33 heavy (non-hydrogen) atoms. The molecule has 0 fully saturated rings. The number of phenolic OH excluding ortho intramolecular Hbond substituents is 1. The van der Waals surface area contributed by atoms with Crippen LogP contribution in [0.4, 0.5) is 5.69 Å². The van der Waals surface area contributed by atoms with E-state index in [0.717, 1.165) is 27.6 Å². The molecule has 0 aliphatic carbocycles. The minimum atomic E-state index is 0.137. The van der Waals surface area contributed by atoms with Crippen molar-refractivity contribution in [2.75, 3.05) is 33.8 Å². The van der Waals surface area contributed by atoms with Gasteiger partial charge >= 0.3 is 0 Å². The van der Waals surface area contributed by atoms with Crippen molar-refractivity contribution in [3.05, 3.63) is 72.3 Å². The molecule has 0 bridgehead atoms. The Morgan fingerprint density at radius 3 is 2.00 bits per heavy atom. The maximum Gasteiger partial charge on any atom is 0.161 e. The Balaban J connectivity index is 1.95. The molecule has 0 aliphatic rings. The fourth-order valence-electron chi connectivity index (χ4n) is 3.97. The summed E-state index contributed by atoms with van der Waals surface area (Å²) in [4.78, 5) is 0. The maximum atomic E-state index is 11.1. The van der Waals surface area contributed by atoms with Crippen LogP contribution in [-0.4, -0.2) is 33.5 Å². The third kappa shape index (κ3) is 4.32. The quantitative estimate of drug-likeness (QED) is 0.354. The smallest absolute Gasteiger partial charge is 0.161 e. The van der Waals surface area contributed by atoms with E-state index in [1.807, 2.05) is 48.5 Å². The number of nitrogens with one attached hydrogen (secondary N) is 1. The molecule has 2 N–H and O–H groups in total. The molecular formula is C27H27NO5. The van der Waals surface area contributed by atoms with Crippen molar-refractivity contribution in [2.45, 2.75) is 6.54 Å². The number of fused-ring (bicyclic) bond motifs is 1. The van der Waals surface area contributed by atoms with Crippen molar-refractivity contribution in [3.8, 4) is 39.9 Å². The van der Waals surface area contributed by atoms with Crippen molar-refractivity contribution in [1.82, 2.24) is 0 Å². The molecule has 170 valence electrons. The molecule has 4 rings (SSSR count). The summed E-state index contributed by atoms with van der Waals surface area (Å²) in [5, 5.41) is 16.4. The number of rotatable bonds is 8. The lowest BCUT2D eigenvalue weighted by atomic mass is 9.96. The van der Waals surface area contributed by atoms with Gasteiger partial charge in [-0.05, 0) is 46.8 Å². The van der Waals surface area contributed by atoms with Crippen molar-refractivity contribution in [3.63, 3.8) is 0 Å². The molecule has 4 aromatic rings. The average molecular weight is 446 g/mol. The van der Waals surface area contributed by atoms with Gasteiger partial charge in [0, 0.05) is 17.5 Å². The van der Waals surface area contributed by atoms with Crippen LogP contribution in [0.25, 0.3) is 21.9 Å². The van der Waals surface area contributed by atoms with Crippen LogP contribution in [0.1, 0.15) is 5.56 Å². The number of hydrogen-bond acceptors (Lipinski definition) is 6. The first-order valence-corrected chi connectivity index (χ1v) is 10.5. The molecule has 0 radical (unpaired) electrons. The lowest BCUT2D eigenvalue weighted by Crippen LogP contribution is -2.03. The zero-order chi connectivity index (χ0) is 23.4. The predicted molar refractivity (Wildman–Crippen MR) is 131 cm³/mol. The number of aromatic hydroxyl groups is 1. The molecule has 0 unspecified atom stereocenters. The molecule has 0 saturated carbocycles. The van der Waals surface area contributed by atoms with Crippen molar-refractivity contribution < 1.29 is 24.1 Å². The highest BCUT2D eigenvalue weighted by Gasteiger charge is 2.19. The van der Waals surface area contributed by atoms with Crippen LogP contribution >= 0.6 is 0 Å². The molecule has 0 aromatic heterocycles. The second-order valence-electron chi connectivity index (χ2n) is 7.48. The van der Waals surface area contributed by atoms with Gasteiger partial charge in [-0.2, -0.15) is 0 Å². The molecule has 0 aliphatic heterocycles. The van der Waals surface area contributed by atoms with Crippen molar-refractivity contribution in [1.29, 1.82) is 0 Å². The Kier molecular flexibility index (Phi) is 6.45. The molecule has 4 aromatic carbocycles. The monoisotopic (exact) mass is 445 g/mol. The zero-order valence-electron chi connectivity index (χ0n) is 19.1. The van der Waals surface area contributed by atoms with Gasteiger partial charge in [0.05, 0.1) is 34.1 Å². The first kappa shape index (κ1) is 22.1. The Morgan fingerprint density at radius 1 is 0.697 bits per heavy atom. The number of benzene rings is 4. The lowest BCUT2D eigenvalue weighted by Gasteiger charge is -2.20. The highest BCUT2D eigenvalue weighted by atomic mass is 16.5. The predicted octanol–water partition coefficient (Wildman–Crippen LogP) is 5.86. The van der Waals surface area contributed by atoms with Gasteiger partial charge in [0.15, 0.2) is 23.0 Å². The van der Waals surface area contributed by atoms with E-state index in [2.05, 4.69) is 17.4 Å². The topological polar surface area (TPSA) is 69.2 Å². The number of anilines is 1. The molecular weight excluding hydrogens is 418 g/mol. The summed E-state index contributed by atoms with van der Waals surface area (Å²) < 4.78 is 21.9. The van der Waals surface area contributed by atoms with Gasteiger partial charge in [0.2, 0.25) is 0 Å². The van der Waals surface area contributed by atoms with E-state index in [9.17, 15) is 5.11 Å². The van der Waals surface area contributed by atoms with Crippen LogP contribution in [0.5, 0.6) is 28.7 Å². The van der Waals surface area contributed by atoms with Gasteiger partial charge in [0.25, 0.3) is 0 Å². The summed E-state index contributed by atoms with van der Waals surface area (Å²) in [5.41, 5.74) is 3.35. The molecule has 0 amide bonds. The summed E-state index contributed by atoms with van der Waals surface area (Å²) in [5.74, 6) is 2.54. The largest absolute Gasteiger partial charge is 0.507 e. The van der Waals surface area contributed by atoms with Crippen LogP contribution in [0.3, 0.4) is 0 Å². The summed E-state index contributed by atoms with van der Waals surface area (Å²) in [6.07, 6.45) is 0. The second-order valence-corrected chi connectivity index (χ2v) is 7.48. The summed E-state index contributed by atoms with van der Waals surface area (Å²) >= 11 is 0. The second kappa shape index (κ2) is 9.61. The first-order valence-electron chi connectivity index (χ1n) is 10.5. The zero-order valence-corrected chi connectivity index (χ0v) is 19.1. The fourth-order valence-corrected chi connectivity index (χ4v) is 3.97. The van der Waals surface area contributed by atoms with E-state index in [-0.39, 0.29) is 5.75 Å². The Bertz CT molecular complexity index is 1270. The highest BCUT2D eigenvalue weighted by molar-refractivity contribution is 6.05. The molecule has 0 saturated heterocycles. The molecule has 6 nitrogen and oxygen atoms in total. The van der Waals surface area contributed by atoms with E-state index in [4.69, 9.17) is 18.9 Å². The average Bonchev–Trinajstić information content (AvgIpc) is 2.86. The van der Waals surface area contributed by atoms with Gasteiger partial charge in [-0.1, -0.05) is 36.4 Å². The highest BCUT2D eigenvalue weighted by Crippen LogP contribution is 2.46. The van der Waals surface area contributed by atoms with Gasteiger partial charge in [0.1, 0.15) is 5.75 Å². The van der Waals surface area contributed by atoms with Crippen molar-refractivity contribution >= 4 is 16.5 Å². The molecule has 0 spiro atoms. The Morgan fingerprint density at radius 2 is 1.33 bits per heavy atom. The number of ether oxygens (including phenoxy) is 4. The Hall–Kier alpha value is -4.06. The van der Waals surface area contributed by atoms with E-state index in [1.165, 1.54) is 0 Å².